The Morgan fingerprint density at radius 1 is 1.00 bits per heavy atom. The van der Waals surface area contributed by atoms with Crippen LogP contribution < -0.4 is 5.32 Å². The Morgan fingerprint density at radius 3 is 2.57 bits per heavy atom. The van der Waals surface area contributed by atoms with Crippen LogP contribution in [0.3, 0.4) is 0 Å². The minimum Gasteiger partial charge on any atom is -0.325 e. The molecule has 10 heteroatoms. The van der Waals surface area contributed by atoms with E-state index in [1.807, 2.05) is 31.3 Å². The van der Waals surface area contributed by atoms with Crippen LogP contribution in [0.4, 0.5) is 11.6 Å². The van der Waals surface area contributed by atoms with E-state index < -0.39 is 10.0 Å². The summed E-state index contributed by atoms with van der Waals surface area (Å²) in [7, 11) is -0.359. The van der Waals surface area contributed by atoms with E-state index in [4.69, 9.17) is 0 Å². The van der Waals surface area contributed by atoms with Gasteiger partial charge in [0.25, 0.3) is 0 Å². The molecule has 0 saturated carbocycles. The van der Waals surface area contributed by atoms with Crippen LogP contribution in [0.25, 0.3) is 16.6 Å². The number of aromatic nitrogens is 5. The lowest BCUT2D eigenvalue weighted by atomic mass is 10.1. The summed E-state index contributed by atoms with van der Waals surface area (Å²) in [5.74, 6) is 1.81. The van der Waals surface area contributed by atoms with Gasteiger partial charge in [-0.2, -0.15) is 5.10 Å². The zero-order chi connectivity index (χ0) is 21.3. The third kappa shape index (κ3) is 4.14. The molecular formula is C20H21N7O2S. The van der Waals surface area contributed by atoms with Crippen molar-refractivity contribution in [2.45, 2.75) is 12.7 Å². The predicted octanol–water partition coefficient (Wildman–Crippen LogP) is 2.63. The van der Waals surface area contributed by atoms with Crippen LogP contribution in [0, 0.1) is 6.92 Å². The third-order valence-corrected chi connectivity index (χ3v) is 6.40. The van der Waals surface area contributed by atoms with Crippen LogP contribution >= 0.6 is 0 Å². The molecule has 0 aliphatic carbocycles. The van der Waals surface area contributed by atoms with Gasteiger partial charge in [-0.3, -0.25) is 0 Å². The lowest BCUT2D eigenvalue weighted by Gasteiger charge is -2.14. The van der Waals surface area contributed by atoms with Crippen molar-refractivity contribution in [1.29, 1.82) is 0 Å². The minimum atomic E-state index is -3.42. The van der Waals surface area contributed by atoms with Crippen LogP contribution in [0.2, 0.25) is 0 Å². The zero-order valence-corrected chi connectivity index (χ0v) is 17.6. The maximum absolute atomic E-state index is 12.5. The van der Waals surface area contributed by atoms with E-state index in [-0.39, 0.29) is 5.75 Å². The number of pyridine rings is 2. The molecule has 4 rings (SSSR count). The van der Waals surface area contributed by atoms with E-state index in [1.165, 1.54) is 18.4 Å². The monoisotopic (exact) mass is 423 g/mol. The van der Waals surface area contributed by atoms with Crippen LogP contribution in [0.5, 0.6) is 0 Å². The number of rotatable bonds is 6. The summed E-state index contributed by atoms with van der Waals surface area (Å²) in [6.07, 6.45) is 6.89. The first-order chi connectivity index (χ1) is 14.3. The molecule has 154 valence electrons. The molecule has 4 heterocycles. The number of hydrogen-bond acceptors (Lipinski definition) is 7. The van der Waals surface area contributed by atoms with Gasteiger partial charge in [-0.05, 0) is 48.4 Å². The first-order valence-corrected chi connectivity index (χ1v) is 10.8. The Hall–Kier alpha value is -3.37. The molecule has 0 saturated heterocycles. The Kier molecular flexibility index (Phi) is 5.18. The molecule has 1 N–H and O–H groups in total. The van der Waals surface area contributed by atoms with Gasteiger partial charge >= 0.3 is 0 Å². The quantitative estimate of drug-likeness (QED) is 0.508. The van der Waals surface area contributed by atoms with Gasteiger partial charge in [0.1, 0.15) is 17.5 Å². The van der Waals surface area contributed by atoms with Crippen LogP contribution in [-0.2, 0) is 15.8 Å². The van der Waals surface area contributed by atoms with Gasteiger partial charge in [0.05, 0.1) is 11.3 Å². The highest BCUT2D eigenvalue weighted by atomic mass is 32.2. The molecular weight excluding hydrogens is 402 g/mol. The van der Waals surface area contributed by atoms with E-state index in [1.54, 1.807) is 35.2 Å². The first kappa shape index (κ1) is 19.9. The molecule has 0 aromatic carbocycles. The molecule has 0 atom stereocenters. The summed E-state index contributed by atoms with van der Waals surface area (Å²) < 4.78 is 27.8. The molecule has 9 nitrogen and oxygen atoms in total. The fraction of sp³-hybridized carbons (Fsp3) is 0.200. The number of sulfonamides is 1. The van der Waals surface area contributed by atoms with Crippen molar-refractivity contribution in [3.63, 3.8) is 0 Å². The second-order valence-corrected chi connectivity index (χ2v) is 9.18. The lowest BCUT2D eigenvalue weighted by Crippen LogP contribution is -2.24. The van der Waals surface area contributed by atoms with Gasteiger partial charge in [0.2, 0.25) is 10.0 Å². The number of hydrogen-bond donors (Lipinski definition) is 1. The molecule has 0 amide bonds. The fourth-order valence-corrected chi connectivity index (χ4v) is 3.92. The van der Waals surface area contributed by atoms with Crippen LogP contribution in [0.15, 0.2) is 55.1 Å². The number of fused-ring (bicyclic) bond motifs is 1. The van der Waals surface area contributed by atoms with Gasteiger partial charge in [0.15, 0.2) is 0 Å². The van der Waals surface area contributed by atoms with Crippen LogP contribution in [0.1, 0.15) is 11.4 Å². The zero-order valence-electron chi connectivity index (χ0n) is 16.8. The molecule has 0 bridgehead atoms. The second kappa shape index (κ2) is 7.81. The van der Waals surface area contributed by atoms with E-state index in [2.05, 4.69) is 25.4 Å². The van der Waals surface area contributed by atoms with Gasteiger partial charge in [0, 0.05) is 44.4 Å². The van der Waals surface area contributed by atoms with E-state index in [0.29, 0.717) is 23.0 Å². The fourth-order valence-electron chi connectivity index (χ4n) is 3.04. The molecule has 4 aromatic rings. The molecule has 0 unspecified atom stereocenters. The van der Waals surface area contributed by atoms with Crippen molar-refractivity contribution in [1.82, 2.24) is 28.9 Å². The molecule has 30 heavy (non-hydrogen) atoms. The predicted molar refractivity (Wildman–Crippen MR) is 115 cm³/mol. The standard InChI is InChI=1S/C20H21N7O2S/c1-14-21-8-6-19(24-14)25-20-11-15(4-7-22-20)16-10-17(13-30(28,29)26(2)3)18-5-9-23-27(18)12-16/h4-12H,13H2,1-3H3,(H,21,22,24,25). The minimum absolute atomic E-state index is 0.112. The highest BCUT2D eigenvalue weighted by molar-refractivity contribution is 7.88. The Labute approximate surface area is 174 Å². The lowest BCUT2D eigenvalue weighted by molar-refractivity contribution is 0.520. The molecule has 0 aliphatic rings. The van der Waals surface area contributed by atoms with Crippen molar-refractivity contribution < 1.29 is 8.42 Å². The normalized spacial score (nSPS) is 11.9. The summed E-state index contributed by atoms with van der Waals surface area (Å²) in [6, 6.07) is 9.20. The van der Waals surface area contributed by atoms with Gasteiger partial charge < -0.3 is 5.32 Å². The van der Waals surface area contributed by atoms with Crippen LogP contribution in [-0.4, -0.2) is 51.4 Å². The molecule has 4 aromatic heterocycles. The molecule has 0 radical (unpaired) electrons. The van der Waals surface area contributed by atoms with E-state index >= 15 is 0 Å². The smallest absolute Gasteiger partial charge is 0.217 e. The number of aryl methyl sites for hydroxylation is 1. The topological polar surface area (TPSA) is 105 Å². The summed E-state index contributed by atoms with van der Waals surface area (Å²) in [5.41, 5.74) is 3.14. The van der Waals surface area contributed by atoms with Gasteiger partial charge in [-0.15, -0.1) is 0 Å². The maximum atomic E-state index is 12.5. The number of anilines is 2. The highest BCUT2D eigenvalue weighted by Crippen LogP contribution is 2.26. The Morgan fingerprint density at radius 2 is 1.80 bits per heavy atom. The van der Waals surface area contributed by atoms with Crippen molar-refractivity contribution in [2.75, 3.05) is 19.4 Å². The first-order valence-electron chi connectivity index (χ1n) is 9.21. The SMILES string of the molecule is Cc1nccc(Nc2cc(-c3cc(CS(=O)(=O)N(C)C)c4ccnn4c3)ccn2)n1. The van der Waals surface area contributed by atoms with E-state index in [9.17, 15) is 8.42 Å². The molecule has 0 aliphatic heterocycles. The van der Waals surface area contributed by atoms with Gasteiger partial charge in [-0.1, -0.05) is 0 Å². The third-order valence-electron chi connectivity index (χ3n) is 4.61. The highest BCUT2D eigenvalue weighted by Gasteiger charge is 2.18. The average Bonchev–Trinajstić information content (AvgIpc) is 3.17. The summed E-state index contributed by atoms with van der Waals surface area (Å²) >= 11 is 0. The van der Waals surface area contributed by atoms with Gasteiger partial charge in [-0.25, -0.2) is 32.2 Å². The largest absolute Gasteiger partial charge is 0.325 e. The van der Waals surface area contributed by atoms with Crippen molar-refractivity contribution >= 4 is 27.2 Å². The molecule has 0 spiro atoms. The summed E-state index contributed by atoms with van der Waals surface area (Å²) in [4.78, 5) is 12.8. The number of nitrogens with zero attached hydrogens (tertiary/aromatic N) is 6. The van der Waals surface area contributed by atoms with Crippen molar-refractivity contribution in [3.05, 3.63) is 66.5 Å². The number of nitrogens with one attached hydrogen (secondary N) is 1. The maximum Gasteiger partial charge on any atom is 0.217 e. The second-order valence-electron chi connectivity index (χ2n) is 7.00. The van der Waals surface area contributed by atoms with Crippen molar-refractivity contribution in [2.24, 2.45) is 0 Å². The average molecular weight is 424 g/mol. The Balaban J connectivity index is 1.73. The summed E-state index contributed by atoms with van der Waals surface area (Å²) in [6.45, 7) is 1.82. The molecule has 0 fully saturated rings. The summed E-state index contributed by atoms with van der Waals surface area (Å²) in [5, 5.41) is 7.47. The van der Waals surface area contributed by atoms with Crippen molar-refractivity contribution in [3.8, 4) is 11.1 Å². The Bertz CT molecular complexity index is 1320. The van der Waals surface area contributed by atoms with E-state index in [0.717, 1.165) is 16.6 Å².